The number of rotatable bonds is 5. The minimum Gasteiger partial charge on any atom is -0.492 e. The molecule has 1 aromatic rings. The molecular formula is C15H22BrNO. The summed E-state index contributed by atoms with van der Waals surface area (Å²) in [6.07, 6.45) is 2.66. The molecule has 1 aliphatic rings. The molecule has 3 atom stereocenters. The van der Waals surface area contributed by atoms with E-state index in [2.05, 4.69) is 35.1 Å². The number of nitrogens with one attached hydrogen (secondary N) is 1. The van der Waals surface area contributed by atoms with Crippen molar-refractivity contribution in [1.29, 1.82) is 0 Å². The van der Waals surface area contributed by atoms with Crippen LogP contribution in [0.4, 0.5) is 0 Å². The van der Waals surface area contributed by atoms with Crippen LogP contribution in [-0.2, 0) is 0 Å². The monoisotopic (exact) mass is 311 g/mol. The van der Waals surface area contributed by atoms with Gasteiger partial charge in [0.2, 0.25) is 0 Å². The zero-order valence-corrected chi connectivity index (χ0v) is 12.7. The molecule has 0 aromatic heterocycles. The van der Waals surface area contributed by atoms with E-state index in [1.54, 1.807) is 0 Å². The Morgan fingerprint density at radius 2 is 2.17 bits per heavy atom. The van der Waals surface area contributed by atoms with E-state index in [1.807, 2.05) is 24.3 Å². The number of benzene rings is 1. The minimum atomic E-state index is 0.672. The van der Waals surface area contributed by atoms with E-state index >= 15 is 0 Å². The van der Waals surface area contributed by atoms with E-state index in [9.17, 15) is 0 Å². The van der Waals surface area contributed by atoms with Crippen molar-refractivity contribution in [3.8, 4) is 5.75 Å². The Hall–Kier alpha value is -0.540. The quantitative estimate of drug-likeness (QED) is 0.834. The Labute approximate surface area is 118 Å². The van der Waals surface area contributed by atoms with E-state index in [0.717, 1.165) is 35.2 Å². The topological polar surface area (TPSA) is 21.3 Å². The lowest BCUT2D eigenvalue weighted by Gasteiger charge is -2.19. The van der Waals surface area contributed by atoms with Gasteiger partial charge in [0.25, 0.3) is 0 Å². The van der Waals surface area contributed by atoms with E-state index in [-0.39, 0.29) is 0 Å². The van der Waals surface area contributed by atoms with E-state index in [1.165, 1.54) is 12.8 Å². The Morgan fingerprint density at radius 3 is 2.83 bits per heavy atom. The molecule has 3 heteroatoms. The first-order chi connectivity index (χ1) is 8.66. The first-order valence-electron chi connectivity index (χ1n) is 6.78. The normalized spacial score (nSPS) is 27.4. The van der Waals surface area contributed by atoms with Gasteiger partial charge in [0, 0.05) is 17.1 Å². The van der Waals surface area contributed by atoms with Crippen LogP contribution >= 0.6 is 15.9 Å². The lowest BCUT2D eigenvalue weighted by molar-refractivity contribution is 0.290. The summed E-state index contributed by atoms with van der Waals surface area (Å²) >= 11 is 3.44. The second-order valence-corrected chi connectivity index (χ2v) is 6.20. The fourth-order valence-corrected chi connectivity index (χ4v) is 3.00. The van der Waals surface area contributed by atoms with E-state index in [4.69, 9.17) is 4.74 Å². The van der Waals surface area contributed by atoms with Crippen LogP contribution < -0.4 is 10.1 Å². The predicted molar refractivity (Wildman–Crippen MR) is 79.0 cm³/mol. The van der Waals surface area contributed by atoms with Crippen molar-refractivity contribution in [1.82, 2.24) is 5.32 Å². The van der Waals surface area contributed by atoms with Crippen LogP contribution in [0.1, 0.15) is 26.7 Å². The summed E-state index contributed by atoms with van der Waals surface area (Å²) in [5.41, 5.74) is 0. The smallest absolute Gasteiger partial charge is 0.120 e. The van der Waals surface area contributed by atoms with Gasteiger partial charge < -0.3 is 10.1 Å². The summed E-state index contributed by atoms with van der Waals surface area (Å²) in [5.74, 6) is 2.57. The molecule has 0 bridgehead atoms. The highest BCUT2D eigenvalue weighted by molar-refractivity contribution is 9.10. The van der Waals surface area contributed by atoms with Crippen molar-refractivity contribution in [3.05, 3.63) is 28.7 Å². The first kappa shape index (κ1) is 13.9. The number of ether oxygens (including phenoxy) is 1. The third-order valence-corrected chi connectivity index (χ3v) is 4.53. The Kier molecular flexibility index (Phi) is 5.07. The van der Waals surface area contributed by atoms with Crippen molar-refractivity contribution < 1.29 is 4.74 Å². The summed E-state index contributed by atoms with van der Waals surface area (Å²) in [6.45, 7) is 6.36. The standard InChI is InChI=1S/C15H22BrNO/c1-11-6-7-15(12(11)2)17-8-9-18-14-5-3-4-13(16)10-14/h3-5,10-12,15,17H,6-9H2,1-2H3. The number of halogens is 1. The van der Waals surface area contributed by atoms with Gasteiger partial charge in [-0.25, -0.2) is 0 Å². The van der Waals surface area contributed by atoms with E-state index in [0.29, 0.717) is 6.04 Å². The van der Waals surface area contributed by atoms with Crippen molar-refractivity contribution >= 4 is 15.9 Å². The zero-order chi connectivity index (χ0) is 13.0. The molecule has 1 aliphatic carbocycles. The Bertz CT molecular complexity index is 383. The average Bonchev–Trinajstić information content (AvgIpc) is 2.66. The maximum Gasteiger partial charge on any atom is 0.120 e. The maximum absolute atomic E-state index is 5.72. The first-order valence-corrected chi connectivity index (χ1v) is 7.58. The molecule has 100 valence electrons. The number of hydrogen-bond acceptors (Lipinski definition) is 2. The van der Waals surface area contributed by atoms with Gasteiger partial charge >= 0.3 is 0 Å². The van der Waals surface area contributed by atoms with Gasteiger partial charge in [0.05, 0.1) is 0 Å². The Balaban J connectivity index is 1.67. The predicted octanol–water partition coefficient (Wildman–Crippen LogP) is 3.85. The molecule has 0 heterocycles. The van der Waals surface area contributed by atoms with Crippen LogP contribution in [0.3, 0.4) is 0 Å². The molecule has 2 rings (SSSR count). The summed E-state index contributed by atoms with van der Waals surface area (Å²) in [6, 6.07) is 8.66. The highest BCUT2D eigenvalue weighted by atomic mass is 79.9. The molecule has 0 radical (unpaired) electrons. The lowest BCUT2D eigenvalue weighted by atomic mass is 9.98. The SMILES string of the molecule is CC1CCC(NCCOc2cccc(Br)c2)C1C. The summed E-state index contributed by atoms with van der Waals surface area (Å²) in [5, 5.41) is 3.61. The van der Waals surface area contributed by atoms with Crippen LogP contribution in [-0.4, -0.2) is 19.2 Å². The molecule has 18 heavy (non-hydrogen) atoms. The van der Waals surface area contributed by atoms with Gasteiger partial charge in [0.15, 0.2) is 0 Å². The third kappa shape index (κ3) is 3.72. The highest BCUT2D eigenvalue weighted by Gasteiger charge is 2.28. The lowest BCUT2D eigenvalue weighted by Crippen LogP contribution is -2.35. The van der Waals surface area contributed by atoms with Gasteiger partial charge in [-0.1, -0.05) is 35.8 Å². The second kappa shape index (κ2) is 6.58. The molecule has 0 amide bonds. The molecule has 1 N–H and O–H groups in total. The maximum atomic E-state index is 5.72. The molecule has 2 nitrogen and oxygen atoms in total. The van der Waals surface area contributed by atoms with Crippen LogP contribution in [0.25, 0.3) is 0 Å². The third-order valence-electron chi connectivity index (χ3n) is 4.04. The molecule has 1 fully saturated rings. The van der Waals surface area contributed by atoms with Crippen molar-refractivity contribution in [2.24, 2.45) is 11.8 Å². The van der Waals surface area contributed by atoms with Crippen molar-refractivity contribution in [2.75, 3.05) is 13.2 Å². The largest absolute Gasteiger partial charge is 0.492 e. The van der Waals surface area contributed by atoms with E-state index < -0.39 is 0 Å². The van der Waals surface area contributed by atoms with Gasteiger partial charge in [-0.05, 0) is 42.9 Å². The summed E-state index contributed by atoms with van der Waals surface area (Å²) < 4.78 is 6.78. The highest BCUT2D eigenvalue weighted by Crippen LogP contribution is 2.30. The molecule has 1 aromatic carbocycles. The van der Waals surface area contributed by atoms with Gasteiger partial charge in [0.1, 0.15) is 12.4 Å². The fourth-order valence-electron chi connectivity index (χ4n) is 2.62. The average molecular weight is 312 g/mol. The van der Waals surface area contributed by atoms with Gasteiger partial charge in [-0.2, -0.15) is 0 Å². The zero-order valence-electron chi connectivity index (χ0n) is 11.2. The molecule has 1 saturated carbocycles. The molecule has 0 spiro atoms. The van der Waals surface area contributed by atoms with Crippen molar-refractivity contribution in [2.45, 2.75) is 32.7 Å². The van der Waals surface area contributed by atoms with Gasteiger partial charge in [-0.3, -0.25) is 0 Å². The summed E-state index contributed by atoms with van der Waals surface area (Å²) in [7, 11) is 0. The van der Waals surface area contributed by atoms with Crippen LogP contribution in [0.5, 0.6) is 5.75 Å². The molecule has 3 unspecified atom stereocenters. The molecule has 0 aliphatic heterocycles. The van der Waals surface area contributed by atoms with Crippen LogP contribution in [0.15, 0.2) is 28.7 Å². The second-order valence-electron chi connectivity index (χ2n) is 5.28. The summed E-state index contributed by atoms with van der Waals surface area (Å²) in [4.78, 5) is 0. The number of hydrogen-bond donors (Lipinski definition) is 1. The Morgan fingerprint density at radius 1 is 1.33 bits per heavy atom. The minimum absolute atomic E-state index is 0.672. The fraction of sp³-hybridized carbons (Fsp3) is 0.600. The van der Waals surface area contributed by atoms with Gasteiger partial charge in [-0.15, -0.1) is 0 Å². The molecule has 0 saturated heterocycles. The van der Waals surface area contributed by atoms with Crippen LogP contribution in [0, 0.1) is 11.8 Å². The van der Waals surface area contributed by atoms with Crippen molar-refractivity contribution in [3.63, 3.8) is 0 Å². The molecular weight excluding hydrogens is 290 g/mol. The van der Waals surface area contributed by atoms with Crippen LogP contribution in [0.2, 0.25) is 0 Å².